The van der Waals surface area contributed by atoms with Gasteiger partial charge in [0.05, 0.1) is 0 Å². The van der Waals surface area contributed by atoms with Gasteiger partial charge in [-0.1, -0.05) is 16.2 Å². The molecule has 0 radical (unpaired) electrons. The molecule has 2 fully saturated rings. The molecule has 2 rings (SSSR count). The third-order valence-electron chi connectivity index (χ3n) is 4.16. The van der Waals surface area contributed by atoms with E-state index in [0.29, 0.717) is 18.9 Å². The standard InChI is InChI=1S/C13H20NO3P/c1-8-6-11(15)14(12(8)16)7-9-2-4-10(5-3-9)13(17)18/h8-10H,2-7,18H2,1H3. The van der Waals surface area contributed by atoms with Crippen molar-refractivity contribution in [3.05, 3.63) is 0 Å². The topological polar surface area (TPSA) is 54.5 Å². The molecule has 2 unspecified atom stereocenters. The van der Waals surface area contributed by atoms with Crippen molar-refractivity contribution in [2.75, 3.05) is 6.54 Å². The molecule has 0 aromatic rings. The Morgan fingerprint density at radius 2 is 1.89 bits per heavy atom. The number of hydrogen-bond acceptors (Lipinski definition) is 3. The van der Waals surface area contributed by atoms with Gasteiger partial charge in [0.25, 0.3) is 0 Å². The summed E-state index contributed by atoms with van der Waals surface area (Å²) in [5.41, 5.74) is 0.190. The molecule has 0 aromatic heterocycles. The van der Waals surface area contributed by atoms with Crippen LogP contribution in [0.15, 0.2) is 0 Å². The lowest BCUT2D eigenvalue weighted by atomic mass is 9.82. The van der Waals surface area contributed by atoms with Gasteiger partial charge in [-0.15, -0.1) is 0 Å². The molecule has 2 atom stereocenters. The third-order valence-corrected chi connectivity index (χ3v) is 4.63. The van der Waals surface area contributed by atoms with Crippen LogP contribution in [0, 0.1) is 17.8 Å². The highest BCUT2D eigenvalue weighted by atomic mass is 31.0. The molecule has 1 saturated heterocycles. The van der Waals surface area contributed by atoms with Gasteiger partial charge in [0.2, 0.25) is 11.8 Å². The number of amides is 2. The lowest BCUT2D eigenvalue weighted by Gasteiger charge is -2.29. The number of imide groups is 1. The zero-order valence-corrected chi connectivity index (χ0v) is 11.9. The van der Waals surface area contributed by atoms with E-state index >= 15 is 0 Å². The van der Waals surface area contributed by atoms with Crippen molar-refractivity contribution in [2.45, 2.75) is 39.0 Å². The van der Waals surface area contributed by atoms with E-state index in [9.17, 15) is 14.4 Å². The summed E-state index contributed by atoms with van der Waals surface area (Å²) in [6.07, 6.45) is 4.02. The van der Waals surface area contributed by atoms with Gasteiger partial charge < -0.3 is 0 Å². The molecule has 1 aliphatic heterocycles. The van der Waals surface area contributed by atoms with Crippen LogP contribution in [0.5, 0.6) is 0 Å². The Kier molecular flexibility index (Phi) is 4.16. The molecule has 4 nitrogen and oxygen atoms in total. The first-order chi connectivity index (χ1) is 8.49. The fourth-order valence-electron chi connectivity index (χ4n) is 2.93. The van der Waals surface area contributed by atoms with E-state index in [1.807, 2.05) is 6.92 Å². The summed E-state index contributed by atoms with van der Waals surface area (Å²) in [5.74, 6) is 0.336. The Balaban J connectivity index is 1.87. The van der Waals surface area contributed by atoms with Crippen molar-refractivity contribution in [2.24, 2.45) is 17.8 Å². The SMILES string of the molecule is CC1CC(=O)N(CC2CCC(C(=O)P)CC2)C1=O. The van der Waals surface area contributed by atoms with Gasteiger partial charge in [0.1, 0.15) is 0 Å². The molecule has 18 heavy (non-hydrogen) atoms. The van der Waals surface area contributed by atoms with Crippen LogP contribution in [0.25, 0.3) is 0 Å². The van der Waals surface area contributed by atoms with Crippen LogP contribution in [0.4, 0.5) is 0 Å². The summed E-state index contributed by atoms with van der Waals surface area (Å²) >= 11 is 0. The Labute approximate surface area is 110 Å². The molecule has 1 aliphatic carbocycles. The monoisotopic (exact) mass is 269 g/mol. The van der Waals surface area contributed by atoms with Crippen LogP contribution < -0.4 is 0 Å². The average Bonchev–Trinajstić information content (AvgIpc) is 2.57. The van der Waals surface area contributed by atoms with Crippen LogP contribution in [-0.2, 0) is 14.4 Å². The molecule has 5 heteroatoms. The minimum Gasteiger partial charge on any atom is -0.295 e. The zero-order chi connectivity index (χ0) is 13.3. The molecule has 0 aromatic carbocycles. The highest BCUT2D eigenvalue weighted by Gasteiger charge is 2.37. The van der Waals surface area contributed by atoms with E-state index < -0.39 is 0 Å². The summed E-state index contributed by atoms with van der Waals surface area (Å²) in [4.78, 5) is 36.2. The van der Waals surface area contributed by atoms with E-state index in [0.717, 1.165) is 25.7 Å². The Morgan fingerprint density at radius 3 is 2.33 bits per heavy atom. The molecule has 2 amide bonds. The number of likely N-dealkylation sites (tertiary alicyclic amines) is 1. The van der Waals surface area contributed by atoms with E-state index in [4.69, 9.17) is 0 Å². The number of nitrogens with zero attached hydrogens (tertiary/aromatic N) is 1. The Bertz CT molecular complexity index is 374. The quantitative estimate of drug-likeness (QED) is 0.577. The first kappa shape index (κ1) is 13.7. The highest BCUT2D eigenvalue weighted by Crippen LogP contribution is 2.32. The van der Waals surface area contributed by atoms with Crippen LogP contribution in [-0.4, -0.2) is 28.8 Å². The molecule has 0 N–H and O–H groups in total. The zero-order valence-electron chi connectivity index (χ0n) is 10.7. The van der Waals surface area contributed by atoms with Crippen LogP contribution in [0.1, 0.15) is 39.0 Å². The smallest absolute Gasteiger partial charge is 0.232 e. The molecule has 1 saturated carbocycles. The molecule has 0 spiro atoms. The largest absolute Gasteiger partial charge is 0.295 e. The second-order valence-electron chi connectivity index (χ2n) is 5.57. The molecular weight excluding hydrogens is 249 g/mol. The van der Waals surface area contributed by atoms with Gasteiger partial charge >= 0.3 is 0 Å². The van der Waals surface area contributed by atoms with Crippen molar-refractivity contribution in [3.63, 3.8) is 0 Å². The molecule has 1 heterocycles. The van der Waals surface area contributed by atoms with Gasteiger partial charge in [-0.2, -0.15) is 0 Å². The number of hydrogen-bond donors (Lipinski definition) is 0. The molecule has 0 bridgehead atoms. The summed E-state index contributed by atoms with van der Waals surface area (Å²) in [7, 11) is 2.26. The lowest BCUT2D eigenvalue weighted by Crippen LogP contribution is -2.36. The maximum atomic E-state index is 11.8. The predicted molar refractivity (Wildman–Crippen MR) is 70.7 cm³/mol. The molecular formula is C13H20NO3P. The first-order valence-corrected chi connectivity index (χ1v) is 7.20. The fourth-order valence-corrected chi connectivity index (χ4v) is 3.26. The van der Waals surface area contributed by atoms with Crippen LogP contribution in [0.3, 0.4) is 0 Å². The predicted octanol–water partition coefficient (Wildman–Crippen LogP) is 1.59. The summed E-state index contributed by atoms with van der Waals surface area (Å²) < 4.78 is 0. The van der Waals surface area contributed by atoms with E-state index in [1.165, 1.54) is 4.90 Å². The molecule has 2 aliphatic rings. The van der Waals surface area contributed by atoms with Crippen molar-refractivity contribution in [1.29, 1.82) is 0 Å². The lowest BCUT2D eigenvalue weighted by molar-refractivity contribution is -0.140. The van der Waals surface area contributed by atoms with Crippen LogP contribution in [0.2, 0.25) is 0 Å². The normalized spacial score (nSPS) is 33.0. The third kappa shape index (κ3) is 2.80. The van der Waals surface area contributed by atoms with E-state index in [-0.39, 0.29) is 29.2 Å². The van der Waals surface area contributed by atoms with Gasteiger partial charge in [-0.25, -0.2) is 0 Å². The number of rotatable bonds is 3. The second-order valence-corrected chi connectivity index (χ2v) is 6.14. The minimum absolute atomic E-state index is 0.0238. The van der Waals surface area contributed by atoms with Gasteiger partial charge in [0.15, 0.2) is 5.52 Å². The van der Waals surface area contributed by atoms with E-state index in [2.05, 4.69) is 9.24 Å². The summed E-state index contributed by atoms with van der Waals surface area (Å²) in [6.45, 7) is 2.36. The van der Waals surface area contributed by atoms with Crippen molar-refractivity contribution in [3.8, 4) is 0 Å². The maximum absolute atomic E-state index is 11.8. The minimum atomic E-state index is -0.151. The van der Waals surface area contributed by atoms with E-state index in [1.54, 1.807) is 0 Å². The fraction of sp³-hybridized carbons (Fsp3) is 0.769. The number of carbonyl (C=O) groups excluding carboxylic acids is 3. The van der Waals surface area contributed by atoms with Crippen LogP contribution >= 0.6 is 9.24 Å². The Hall–Kier alpha value is -0.760. The highest BCUT2D eigenvalue weighted by molar-refractivity contribution is 7.40. The van der Waals surface area contributed by atoms with Gasteiger partial charge in [0, 0.05) is 24.8 Å². The van der Waals surface area contributed by atoms with Gasteiger partial charge in [-0.3, -0.25) is 19.3 Å². The molecule has 100 valence electrons. The van der Waals surface area contributed by atoms with Crippen molar-refractivity contribution in [1.82, 2.24) is 4.90 Å². The number of carbonyl (C=O) groups is 3. The average molecular weight is 269 g/mol. The first-order valence-electron chi connectivity index (χ1n) is 6.62. The Morgan fingerprint density at radius 1 is 1.28 bits per heavy atom. The summed E-state index contributed by atoms with van der Waals surface area (Å²) in [6, 6.07) is 0. The maximum Gasteiger partial charge on any atom is 0.232 e. The summed E-state index contributed by atoms with van der Waals surface area (Å²) in [5, 5.41) is 0. The van der Waals surface area contributed by atoms with Crippen molar-refractivity contribution < 1.29 is 14.4 Å². The van der Waals surface area contributed by atoms with Crippen molar-refractivity contribution >= 4 is 26.6 Å². The van der Waals surface area contributed by atoms with Gasteiger partial charge in [-0.05, 0) is 31.6 Å². The second kappa shape index (κ2) is 5.48.